The van der Waals surface area contributed by atoms with Gasteiger partial charge in [-0.1, -0.05) is 25.1 Å². The van der Waals surface area contributed by atoms with Gasteiger partial charge in [0.15, 0.2) is 23.2 Å². The van der Waals surface area contributed by atoms with Crippen LogP contribution in [0.1, 0.15) is 49.6 Å². The fraction of sp³-hybridized carbons (Fsp3) is 0.500. The lowest BCUT2D eigenvalue weighted by Crippen LogP contribution is -2.37. The predicted octanol–water partition coefficient (Wildman–Crippen LogP) is 3.83. The zero-order chi connectivity index (χ0) is 19.1. The Hall–Kier alpha value is -1.97. The number of nitrogens with one attached hydrogen (secondary N) is 2. The lowest BCUT2D eigenvalue weighted by atomic mass is 9.99. The average molecular weight is 500 g/mol. The summed E-state index contributed by atoms with van der Waals surface area (Å²) in [6, 6.07) is 8.06. The van der Waals surface area contributed by atoms with E-state index < -0.39 is 0 Å². The SMILES string of the molecule is CCC(CC)c1cc(CNC(=NC)NCCc2ccc3c(c2)OCO3)on1.I. The van der Waals surface area contributed by atoms with Gasteiger partial charge in [-0.15, -0.1) is 24.0 Å². The third-order valence-electron chi connectivity index (χ3n) is 4.78. The lowest BCUT2D eigenvalue weighted by molar-refractivity contribution is 0.174. The summed E-state index contributed by atoms with van der Waals surface area (Å²) in [5.41, 5.74) is 2.22. The molecule has 0 bridgehead atoms. The summed E-state index contributed by atoms with van der Waals surface area (Å²) in [4.78, 5) is 4.25. The molecule has 0 saturated heterocycles. The number of fused-ring (bicyclic) bond motifs is 1. The number of guanidine groups is 1. The number of rotatable bonds is 8. The Balaban J connectivity index is 0.00000280. The molecule has 1 aliphatic heterocycles. The van der Waals surface area contributed by atoms with Crippen LogP contribution in [0.5, 0.6) is 11.5 Å². The molecule has 8 heteroatoms. The zero-order valence-electron chi connectivity index (χ0n) is 16.7. The Morgan fingerprint density at radius 2 is 1.93 bits per heavy atom. The van der Waals surface area contributed by atoms with Crippen molar-refractivity contribution >= 4 is 29.9 Å². The highest BCUT2D eigenvalue weighted by molar-refractivity contribution is 14.0. The number of nitrogens with zero attached hydrogens (tertiary/aromatic N) is 2. The molecule has 1 aliphatic rings. The van der Waals surface area contributed by atoms with Gasteiger partial charge < -0.3 is 24.6 Å². The lowest BCUT2D eigenvalue weighted by Gasteiger charge is -2.11. The Kier molecular flexibility index (Phi) is 8.88. The second kappa shape index (κ2) is 11.1. The number of hydrogen-bond acceptors (Lipinski definition) is 5. The third kappa shape index (κ3) is 5.76. The summed E-state index contributed by atoms with van der Waals surface area (Å²) in [6.07, 6.45) is 3.00. The molecule has 0 amide bonds. The minimum absolute atomic E-state index is 0. The molecule has 28 heavy (non-hydrogen) atoms. The molecular formula is C20H29IN4O3. The summed E-state index contributed by atoms with van der Waals surface area (Å²) >= 11 is 0. The number of halogens is 1. The van der Waals surface area contributed by atoms with Gasteiger partial charge in [0.2, 0.25) is 6.79 Å². The van der Waals surface area contributed by atoms with Crippen LogP contribution < -0.4 is 20.1 Å². The van der Waals surface area contributed by atoms with Crippen molar-refractivity contribution < 1.29 is 14.0 Å². The molecule has 0 unspecified atom stereocenters. The van der Waals surface area contributed by atoms with Gasteiger partial charge in [0.1, 0.15) is 0 Å². The van der Waals surface area contributed by atoms with Gasteiger partial charge in [-0.2, -0.15) is 0 Å². The summed E-state index contributed by atoms with van der Waals surface area (Å²) in [7, 11) is 1.76. The van der Waals surface area contributed by atoms with Crippen LogP contribution >= 0.6 is 24.0 Å². The molecule has 0 atom stereocenters. The van der Waals surface area contributed by atoms with Crippen molar-refractivity contribution in [1.82, 2.24) is 15.8 Å². The van der Waals surface area contributed by atoms with Crippen molar-refractivity contribution in [3.8, 4) is 11.5 Å². The van der Waals surface area contributed by atoms with Crippen molar-refractivity contribution in [3.63, 3.8) is 0 Å². The molecule has 0 saturated carbocycles. The van der Waals surface area contributed by atoms with Crippen molar-refractivity contribution in [1.29, 1.82) is 0 Å². The summed E-state index contributed by atoms with van der Waals surface area (Å²) in [5.74, 6) is 3.63. The fourth-order valence-electron chi connectivity index (χ4n) is 3.12. The molecule has 3 rings (SSSR count). The van der Waals surface area contributed by atoms with Gasteiger partial charge in [-0.25, -0.2) is 0 Å². The zero-order valence-corrected chi connectivity index (χ0v) is 19.0. The second-order valence-electron chi connectivity index (χ2n) is 6.52. The first-order valence-electron chi connectivity index (χ1n) is 9.52. The first-order chi connectivity index (χ1) is 13.2. The van der Waals surface area contributed by atoms with Crippen LogP contribution in [0.4, 0.5) is 0 Å². The normalized spacial score (nSPS) is 12.8. The topological polar surface area (TPSA) is 80.9 Å². The predicted molar refractivity (Wildman–Crippen MR) is 120 cm³/mol. The summed E-state index contributed by atoms with van der Waals surface area (Å²) in [6.45, 7) is 5.96. The molecule has 1 aromatic heterocycles. The largest absolute Gasteiger partial charge is 0.454 e. The van der Waals surface area contributed by atoms with Gasteiger partial charge in [0, 0.05) is 25.6 Å². The van der Waals surface area contributed by atoms with Gasteiger partial charge >= 0.3 is 0 Å². The van der Waals surface area contributed by atoms with E-state index in [1.165, 1.54) is 5.56 Å². The monoisotopic (exact) mass is 500 g/mol. The van der Waals surface area contributed by atoms with Crippen molar-refractivity contribution in [2.45, 2.75) is 45.6 Å². The molecule has 2 aromatic rings. The van der Waals surface area contributed by atoms with E-state index in [0.29, 0.717) is 19.3 Å². The molecule has 154 valence electrons. The standard InChI is InChI=1S/C20H28N4O3.HI/c1-4-15(5-2)17-11-16(27-24-17)12-23-20(21-3)22-9-8-14-6-7-18-19(10-14)26-13-25-18;/h6-7,10-11,15H,4-5,8-9,12-13H2,1-3H3,(H2,21,22,23);1H. The highest BCUT2D eigenvalue weighted by Crippen LogP contribution is 2.32. The number of aliphatic imine (C=N–C) groups is 1. The number of ether oxygens (including phenoxy) is 2. The van der Waals surface area contributed by atoms with E-state index in [4.69, 9.17) is 14.0 Å². The van der Waals surface area contributed by atoms with Crippen LogP contribution in [-0.4, -0.2) is 31.5 Å². The number of aromatic nitrogens is 1. The summed E-state index contributed by atoms with van der Waals surface area (Å²) in [5, 5.41) is 10.8. The van der Waals surface area contributed by atoms with E-state index in [9.17, 15) is 0 Å². The molecule has 0 spiro atoms. The second-order valence-corrected chi connectivity index (χ2v) is 6.52. The summed E-state index contributed by atoms with van der Waals surface area (Å²) < 4.78 is 16.2. The van der Waals surface area contributed by atoms with E-state index in [0.717, 1.165) is 54.7 Å². The minimum atomic E-state index is 0. The smallest absolute Gasteiger partial charge is 0.231 e. The maximum Gasteiger partial charge on any atom is 0.231 e. The Bertz CT molecular complexity index is 775. The first-order valence-corrected chi connectivity index (χ1v) is 9.52. The van der Waals surface area contributed by atoms with Crippen LogP contribution in [0.2, 0.25) is 0 Å². The highest BCUT2D eigenvalue weighted by Gasteiger charge is 2.14. The Morgan fingerprint density at radius 3 is 2.68 bits per heavy atom. The third-order valence-corrected chi connectivity index (χ3v) is 4.78. The van der Waals surface area contributed by atoms with Crippen LogP contribution in [0.15, 0.2) is 33.8 Å². The van der Waals surface area contributed by atoms with Gasteiger partial charge in [0.25, 0.3) is 0 Å². The molecule has 0 fully saturated rings. The van der Waals surface area contributed by atoms with Crippen molar-refractivity contribution in [2.75, 3.05) is 20.4 Å². The van der Waals surface area contributed by atoms with Gasteiger partial charge in [-0.3, -0.25) is 4.99 Å². The molecule has 0 aliphatic carbocycles. The van der Waals surface area contributed by atoms with Crippen molar-refractivity contribution in [3.05, 3.63) is 41.3 Å². The Morgan fingerprint density at radius 1 is 1.14 bits per heavy atom. The average Bonchev–Trinajstić information content (AvgIpc) is 3.34. The van der Waals surface area contributed by atoms with E-state index in [2.05, 4.69) is 40.7 Å². The van der Waals surface area contributed by atoms with Gasteiger partial charge in [-0.05, 0) is 37.0 Å². The number of hydrogen-bond donors (Lipinski definition) is 2. The van der Waals surface area contributed by atoms with Crippen LogP contribution in [0, 0.1) is 0 Å². The van der Waals surface area contributed by atoms with Gasteiger partial charge in [0.05, 0.1) is 12.2 Å². The maximum absolute atomic E-state index is 5.44. The highest BCUT2D eigenvalue weighted by atomic mass is 127. The molecule has 1 aromatic carbocycles. The van der Waals surface area contributed by atoms with E-state index in [1.54, 1.807) is 7.05 Å². The molecule has 2 heterocycles. The van der Waals surface area contributed by atoms with E-state index in [-0.39, 0.29) is 24.0 Å². The molecule has 7 nitrogen and oxygen atoms in total. The fourth-order valence-corrected chi connectivity index (χ4v) is 3.12. The van der Waals surface area contributed by atoms with E-state index >= 15 is 0 Å². The molecule has 0 radical (unpaired) electrons. The molecular weight excluding hydrogens is 471 g/mol. The van der Waals surface area contributed by atoms with Crippen LogP contribution in [-0.2, 0) is 13.0 Å². The van der Waals surface area contributed by atoms with E-state index in [1.807, 2.05) is 18.2 Å². The van der Waals surface area contributed by atoms with Crippen LogP contribution in [0.3, 0.4) is 0 Å². The maximum atomic E-state index is 5.44. The number of benzene rings is 1. The van der Waals surface area contributed by atoms with Crippen molar-refractivity contribution in [2.24, 2.45) is 4.99 Å². The molecule has 2 N–H and O–H groups in total. The minimum Gasteiger partial charge on any atom is -0.454 e. The van der Waals surface area contributed by atoms with Crippen LogP contribution in [0.25, 0.3) is 0 Å². The quantitative estimate of drug-likeness (QED) is 0.326. The first kappa shape index (κ1) is 22.3. The Labute approximate surface area is 183 Å².